The first-order valence-corrected chi connectivity index (χ1v) is 5.02. The van der Waals surface area contributed by atoms with Gasteiger partial charge in [-0.25, -0.2) is 9.67 Å². The standard InChI is InChI=1S/C7H4Br2N4/c8-5-1-11-13(4-5)7-3-10-2-6(9)12-7/h1-4H. The molecule has 0 aromatic carbocycles. The van der Waals surface area contributed by atoms with Gasteiger partial charge in [-0.1, -0.05) is 0 Å². The average Bonchev–Trinajstić information content (AvgIpc) is 2.52. The number of halogens is 2. The smallest absolute Gasteiger partial charge is 0.172 e. The minimum Gasteiger partial charge on any atom is -0.258 e. The quantitative estimate of drug-likeness (QED) is 0.811. The molecule has 0 aliphatic heterocycles. The van der Waals surface area contributed by atoms with Crippen LogP contribution < -0.4 is 0 Å². The second-order valence-electron chi connectivity index (χ2n) is 2.30. The van der Waals surface area contributed by atoms with Crippen molar-refractivity contribution >= 4 is 31.9 Å². The van der Waals surface area contributed by atoms with Gasteiger partial charge in [-0.15, -0.1) is 0 Å². The van der Waals surface area contributed by atoms with Crippen molar-refractivity contribution in [2.24, 2.45) is 0 Å². The Bertz CT molecular complexity index is 426. The van der Waals surface area contributed by atoms with Gasteiger partial charge in [0.25, 0.3) is 0 Å². The van der Waals surface area contributed by atoms with Crippen molar-refractivity contribution in [3.05, 3.63) is 33.9 Å². The lowest BCUT2D eigenvalue weighted by atomic mass is 10.6. The molecule has 0 aliphatic rings. The van der Waals surface area contributed by atoms with Gasteiger partial charge in [0, 0.05) is 6.20 Å². The Morgan fingerprint density at radius 1 is 1.15 bits per heavy atom. The Hall–Kier alpha value is -0.750. The summed E-state index contributed by atoms with van der Waals surface area (Å²) < 4.78 is 3.24. The van der Waals surface area contributed by atoms with Crippen LogP contribution in [0, 0.1) is 0 Å². The zero-order valence-corrected chi connectivity index (χ0v) is 9.53. The lowest BCUT2D eigenvalue weighted by Crippen LogP contribution is -1.98. The van der Waals surface area contributed by atoms with E-state index in [0.717, 1.165) is 4.47 Å². The summed E-state index contributed by atoms with van der Waals surface area (Å²) in [6, 6.07) is 0. The topological polar surface area (TPSA) is 43.6 Å². The first-order valence-electron chi connectivity index (χ1n) is 3.44. The maximum atomic E-state index is 4.19. The van der Waals surface area contributed by atoms with Crippen LogP contribution in [0.15, 0.2) is 33.9 Å². The fourth-order valence-electron chi connectivity index (χ4n) is 0.869. The van der Waals surface area contributed by atoms with Gasteiger partial charge in [-0.2, -0.15) is 5.10 Å². The van der Waals surface area contributed by atoms with Crippen LogP contribution in [0.1, 0.15) is 0 Å². The molecule has 0 aliphatic carbocycles. The van der Waals surface area contributed by atoms with Gasteiger partial charge in [-0.3, -0.25) is 4.98 Å². The van der Waals surface area contributed by atoms with E-state index in [0.29, 0.717) is 10.4 Å². The Morgan fingerprint density at radius 3 is 2.62 bits per heavy atom. The van der Waals surface area contributed by atoms with E-state index in [2.05, 4.69) is 46.9 Å². The minimum atomic E-state index is 0.681. The van der Waals surface area contributed by atoms with Gasteiger partial charge < -0.3 is 0 Å². The number of rotatable bonds is 1. The number of hydrogen-bond acceptors (Lipinski definition) is 3. The molecular weight excluding hydrogens is 300 g/mol. The van der Waals surface area contributed by atoms with Crippen molar-refractivity contribution in [2.75, 3.05) is 0 Å². The predicted octanol–water partition coefficient (Wildman–Crippen LogP) is 2.19. The van der Waals surface area contributed by atoms with Crippen LogP contribution in [0.25, 0.3) is 5.82 Å². The maximum Gasteiger partial charge on any atom is 0.172 e. The van der Waals surface area contributed by atoms with Crippen molar-refractivity contribution < 1.29 is 0 Å². The van der Waals surface area contributed by atoms with E-state index in [9.17, 15) is 0 Å². The van der Waals surface area contributed by atoms with E-state index in [-0.39, 0.29) is 0 Å². The van der Waals surface area contributed by atoms with Crippen LogP contribution in [0.5, 0.6) is 0 Å². The summed E-state index contributed by atoms with van der Waals surface area (Å²) in [6.45, 7) is 0. The second kappa shape index (κ2) is 3.55. The number of aromatic nitrogens is 4. The van der Waals surface area contributed by atoms with Crippen molar-refractivity contribution in [3.63, 3.8) is 0 Å². The molecule has 0 N–H and O–H groups in total. The molecule has 6 heteroatoms. The van der Waals surface area contributed by atoms with Crippen LogP contribution >= 0.6 is 31.9 Å². The fourth-order valence-corrected chi connectivity index (χ4v) is 1.45. The van der Waals surface area contributed by atoms with Gasteiger partial charge in [0.15, 0.2) is 5.82 Å². The molecule has 2 rings (SSSR count). The second-order valence-corrected chi connectivity index (χ2v) is 4.03. The van der Waals surface area contributed by atoms with Crippen LogP contribution in [0.3, 0.4) is 0 Å². The zero-order valence-electron chi connectivity index (χ0n) is 6.35. The molecule has 0 saturated carbocycles. The van der Waals surface area contributed by atoms with Crippen molar-refractivity contribution in [3.8, 4) is 5.82 Å². The molecular formula is C7H4Br2N4. The summed E-state index contributed by atoms with van der Waals surface area (Å²) in [4.78, 5) is 8.17. The van der Waals surface area contributed by atoms with Crippen LogP contribution in [0.2, 0.25) is 0 Å². The van der Waals surface area contributed by atoms with E-state index < -0.39 is 0 Å². The number of nitrogens with zero attached hydrogens (tertiary/aromatic N) is 4. The summed E-state index contributed by atoms with van der Waals surface area (Å²) in [7, 11) is 0. The van der Waals surface area contributed by atoms with E-state index in [1.54, 1.807) is 23.3 Å². The third kappa shape index (κ3) is 1.94. The molecule has 0 radical (unpaired) electrons. The third-order valence-electron chi connectivity index (χ3n) is 1.38. The molecule has 0 spiro atoms. The highest BCUT2D eigenvalue weighted by Crippen LogP contribution is 2.11. The van der Waals surface area contributed by atoms with Crippen LogP contribution in [-0.4, -0.2) is 19.7 Å². The summed E-state index contributed by atoms with van der Waals surface area (Å²) in [6.07, 6.45) is 6.78. The monoisotopic (exact) mass is 302 g/mol. The Kier molecular flexibility index (Phi) is 2.41. The van der Waals surface area contributed by atoms with E-state index >= 15 is 0 Å². The average molecular weight is 304 g/mol. The summed E-state index contributed by atoms with van der Waals surface area (Å²) in [5, 5.41) is 4.07. The molecule has 0 fully saturated rings. The third-order valence-corrected chi connectivity index (χ3v) is 2.17. The molecule has 0 saturated heterocycles. The van der Waals surface area contributed by atoms with Crippen molar-refractivity contribution in [2.45, 2.75) is 0 Å². The molecule has 0 atom stereocenters. The lowest BCUT2D eigenvalue weighted by Gasteiger charge is -1.98. The molecule has 4 nitrogen and oxygen atoms in total. The van der Waals surface area contributed by atoms with Crippen LogP contribution in [-0.2, 0) is 0 Å². The maximum absolute atomic E-state index is 4.19. The van der Waals surface area contributed by atoms with Gasteiger partial charge in [0.05, 0.1) is 23.1 Å². The van der Waals surface area contributed by atoms with Gasteiger partial charge in [0.2, 0.25) is 0 Å². The molecule has 2 aromatic rings. The highest BCUT2D eigenvalue weighted by molar-refractivity contribution is 9.10. The molecule has 13 heavy (non-hydrogen) atoms. The highest BCUT2D eigenvalue weighted by Gasteiger charge is 2.00. The highest BCUT2D eigenvalue weighted by atomic mass is 79.9. The molecule has 0 bridgehead atoms. The van der Waals surface area contributed by atoms with Gasteiger partial charge >= 0.3 is 0 Å². The van der Waals surface area contributed by atoms with Gasteiger partial charge in [-0.05, 0) is 31.9 Å². The summed E-state index contributed by atoms with van der Waals surface area (Å²) in [5.41, 5.74) is 0. The van der Waals surface area contributed by atoms with Crippen molar-refractivity contribution in [1.82, 2.24) is 19.7 Å². The summed E-state index contributed by atoms with van der Waals surface area (Å²) >= 11 is 6.54. The minimum absolute atomic E-state index is 0.681. The molecule has 0 amide bonds. The normalized spacial score (nSPS) is 10.3. The first-order chi connectivity index (χ1) is 6.25. The Morgan fingerprint density at radius 2 is 2.00 bits per heavy atom. The first kappa shape index (κ1) is 8.83. The molecule has 0 unspecified atom stereocenters. The fraction of sp³-hybridized carbons (Fsp3) is 0. The lowest BCUT2D eigenvalue weighted by molar-refractivity contribution is 0.833. The SMILES string of the molecule is Brc1cnn(-c2cncc(Br)n2)c1. The van der Waals surface area contributed by atoms with E-state index in [4.69, 9.17) is 0 Å². The van der Waals surface area contributed by atoms with E-state index in [1.807, 2.05) is 6.20 Å². The van der Waals surface area contributed by atoms with Crippen molar-refractivity contribution in [1.29, 1.82) is 0 Å². The molecule has 2 aromatic heterocycles. The van der Waals surface area contributed by atoms with E-state index in [1.165, 1.54) is 0 Å². The largest absolute Gasteiger partial charge is 0.258 e. The summed E-state index contributed by atoms with van der Waals surface area (Å²) in [5.74, 6) is 0.681. The Labute approximate surface area is 91.3 Å². The number of hydrogen-bond donors (Lipinski definition) is 0. The predicted molar refractivity (Wildman–Crippen MR) is 54.6 cm³/mol. The van der Waals surface area contributed by atoms with Crippen LogP contribution in [0.4, 0.5) is 0 Å². The molecule has 2 heterocycles. The zero-order chi connectivity index (χ0) is 9.26. The molecule has 66 valence electrons. The Balaban J connectivity index is 2.46. The van der Waals surface area contributed by atoms with Gasteiger partial charge in [0.1, 0.15) is 4.60 Å².